The molecule has 3 heteroatoms. The van der Waals surface area contributed by atoms with Crippen molar-refractivity contribution < 1.29 is 4.79 Å². The van der Waals surface area contributed by atoms with E-state index in [1.54, 1.807) is 0 Å². The van der Waals surface area contributed by atoms with Gasteiger partial charge < -0.3 is 0 Å². The maximum atomic E-state index is 12.2. The monoisotopic (exact) mass is 308 g/mol. The van der Waals surface area contributed by atoms with E-state index < -0.39 is 0 Å². The van der Waals surface area contributed by atoms with Gasteiger partial charge in [0.05, 0.1) is 5.71 Å². The van der Waals surface area contributed by atoms with E-state index in [2.05, 4.69) is 31.3 Å². The summed E-state index contributed by atoms with van der Waals surface area (Å²) >= 11 is 0. The van der Waals surface area contributed by atoms with Gasteiger partial charge in [0.2, 0.25) is 0 Å². The Labute approximate surface area is 138 Å². The molecule has 120 valence electrons. The lowest BCUT2D eigenvalue weighted by atomic mass is 9.87. The highest BCUT2D eigenvalue weighted by Crippen LogP contribution is 2.22. The molecule has 0 saturated heterocycles. The highest BCUT2D eigenvalue weighted by atomic mass is 16.2. The van der Waals surface area contributed by atoms with Crippen molar-refractivity contribution in [3.63, 3.8) is 0 Å². The summed E-state index contributed by atoms with van der Waals surface area (Å²) in [7, 11) is 0. The number of hydrazone groups is 1. The molecule has 0 atom stereocenters. The Morgan fingerprint density at radius 1 is 0.913 bits per heavy atom. The van der Waals surface area contributed by atoms with Crippen LogP contribution in [0.25, 0.3) is 0 Å². The molecule has 0 aliphatic rings. The number of amides is 1. The summed E-state index contributed by atoms with van der Waals surface area (Å²) in [5.41, 5.74) is 7.49. The van der Waals surface area contributed by atoms with Crippen LogP contribution in [0.1, 0.15) is 54.7 Å². The van der Waals surface area contributed by atoms with E-state index in [4.69, 9.17) is 0 Å². The minimum atomic E-state index is -0.197. The Morgan fingerprint density at radius 2 is 1.43 bits per heavy atom. The van der Waals surface area contributed by atoms with Crippen molar-refractivity contribution >= 4 is 11.6 Å². The molecule has 1 amide bonds. The summed E-state index contributed by atoms with van der Waals surface area (Å²) in [4.78, 5) is 12.2. The molecule has 0 unspecified atom stereocenters. The smallest absolute Gasteiger partial charge is 0.267 e. The minimum Gasteiger partial charge on any atom is -0.267 e. The van der Waals surface area contributed by atoms with E-state index in [0.29, 0.717) is 5.56 Å². The van der Waals surface area contributed by atoms with E-state index in [1.165, 1.54) is 11.1 Å². The largest absolute Gasteiger partial charge is 0.271 e. The summed E-state index contributed by atoms with van der Waals surface area (Å²) in [6.07, 6.45) is 0. The molecule has 0 aromatic heterocycles. The van der Waals surface area contributed by atoms with Crippen LogP contribution in [0.4, 0.5) is 0 Å². The van der Waals surface area contributed by atoms with Crippen LogP contribution >= 0.6 is 0 Å². The Kier molecular flexibility index (Phi) is 4.99. The number of rotatable bonds is 3. The highest BCUT2D eigenvalue weighted by molar-refractivity contribution is 6.00. The molecule has 2 rings (SSSR count). The van der Waals surface area contributed by atoms with Crippen molar-refractivity contribution in [2.24, 2.45) is 5.10 Å². The average molecular weight is 308 g/mol. The summed E-state index contributed by atoms with van der Waals surface area (Å²) in [6, 6.07) is 15.7. The number of nitrogens with zero attached hydrogens (tertiary/aromatic N) is 1. The molecule has 2 aromatic carbocycles. The Balaban J connectivity index is 2.07. The second-order valence-electron chi connectivity index (χ2n) is 6.83. The van der Waals surface area contributed by atoms with Crippen LogP contribution in [0.3, 0.4) is 0 Å². The molecule has 0 saturated carbocycles. The Morgan fingerprint density at radius 3 is 1.96 bits per heavy atom. The average Bonchev–Trinajstić information content (AvgIpc) is 2.52. The van der Waals surface area contributed by atoms with Gasteiger partial charge in [-0.25, -0.2) is 5.43 Å². The third-order valence-corrected chi connectivity index (χ3v) is 3.81. The van der Waals surface area contributed by atoms with Crippen LogP contribution in [0, 0.1) is 6.92 Å². The van der Waals surface area contributed by atoms with Gasteiger partial charge in [-0.1, -0.05) is 62.7 Å². The third kappa shape index (κ3) is 4.52. The molecule has 2 aromatic rings. The minimum absolute atomic E-state index is 0.0786. The Hall–Kier alpha value is -2.42. The quantitative estimate of drug-likeness (QED) is 0.660. The maximum Gasteiger partial charge on any atom is 0.271 e. The van der Waals surface area contributed by atoms with Gasteiger partial charge in [0.25, 0.3) is 5.91 Å². The van der Waals surface area contributed by atoms with Crippen LogP contribution in [0.15, 0.2) is 53.6 Å². The predicted octanol–water partition coefficient (Wildman–Crippen LogP) is 4.45. The summed E-state index contributed by atoms with van der Waals surface area (Å²) in [6.45, 7) is 10.4. The van der Waals surface area contributed by atoms with E-state index in [0.717, 1.165) is 11.3 Å². The first-order valence-electron chi connectivity index (χ1n) is 7.79. The molecule has 23 heavy (non-hydrogen) atoms. The molecule has 0 aliphatic heterocycles. The van der Waals surface area contributed by atoms with Gasteiger partial charge in [0.1, 0.15) is 0 Å². The molecular formula is C20H24N2O. The SMILES string of the molecule is C/C(=N\NC(=O)c1ccc(C(C)(C)C)cc1)c1ccc(C)cc1. The fourth-order valence-corrected chi connectivity index (χ4v) is 2.18. The fraction of sp³-hybridized carbons (Fsp3) is 0.300. The number of carbonyl (C=O) groups excluding carboxylic acids is 1. The molecule has 0 radical (unpaired) electrons. The van der Waals surface area contributed by atoms with Crippen LogP contribution in [-0.4, -0.2) is 11.6 Å². The Bertz CT molecular complexity index is 705. The lowest BCUT2D eigenvalue weighted by molar-refractivity contribution is 0.0955. The summed E-state index contributed by atoms with van der Waals surface area (Å²) < 4.78 is 0. The number of hydrogen-bond acceptors (Lipinski definition) is 2. The van der Waals surface area contributed by atoms with E-state index >= 15 is 0 Å². The lowest BCUT2D eigenvalue weighted by Gasteiger charge is -2.18. The van der Waals surface area contributed by atoms with Gasteiger partial charge in [0, 0.05) is 5.56 Å². The number of hydrogen-bond donors (Lipinski definition) is 1. The first kappa shape index (κ1) is 16.9. The van der Waals surface area contributed by atoms with Crippen molar-refractivity contribution in [2.45, 2.75) is 40.0 Å². The molecule has 0 fully saturated rings. The molecule has 1 N–H and O–H groups in total. The molecule has 3 nitrogen and oxygen atoms in total. The van der Waals surface area contributed by atoms with Crippen molar-refractivity contribution in [3.8, 4) is 0 Å². The van der Waals surface area contributed by atoms with Crippen molar-refractivity contribution in [3.05, 3.63) is 70.8 Å². The summed E-state index contributed by atoms with van der Waals surface area (Å²) in [5, 5.41) is 4.19. The standard InChI is InChI=1S/C20H24N2O/c1-14-6-8-16(9-7-14)15(2)21-22-19(23)17-10-12-18(13-11-17)20(3,4)5/h6-13H,1-5H3,(H,22,23)/b21-15+. The number of carbonyl (C=O) groups is 1. The zero-order valence-electron chi connectivity index (χ0n) is 14.5. The first-order valence-corrected chi connectivity index (χ1v) is 7.79. The zero-order valence-corrected chi connectivity index (χ0v) is 14.5. The second kappa shape index (κ2) is 6.78. The van der Waals surface area contributed by atoms with Gasteiger partial charge in [-0.2, -0.15) is 5.10 Å². The normalized spacial score (nSPS) is 12.1. The first-order chi connectivity index (χ1) is 10.8. The molecule has 0 spiro atoms. The predicted molar refractivity (Wildman–Crippen MR) is 96.0 cm³/mol. The zero-order chi connectivity index (χ0) is 17.0. The topological polar surface area (TPSA) is 41.5 Å². The maximum absolute atomic E-state index is 12.2. The number of nitrogens with one attached hydrogen (secondary N) is 1. The van der Waals surface area contributed by atoms with Crippen LogP contribution < -0.4 is 5.43 Å². The lowest BCUT2D eigenvalue weighted by Crippen LogP contribution is -2.20. The molecule has 0 aliphatic carbocycles. The molecule has 0 heterocycles. The molecule has 0 bridgehead atoms. The van der Waals surface area contributed by atoms with Crippen LogP contribution in [0.2, 0.25) is 0 Å². The number of benzene rings is 2. The van der Waals surface area contributed by atoms with Crippen LogP contribution in [0.5, 0.6) is 0 Å². The highest BCUT2D eigenvalue weighted by Gasteiger charge is 2.14. The van der Waals surface area contributed by atoms with Crippen molar-refractivity contribution in [1.82, 2.24) is 5.43 Å². The van der Waals surface area contributed by atoms with E-state index in [1.807, 2.05) is 62.4 Å². The van der Waals surface area contributed by atoms with E-state index in [9.17, 15) is 4.79 Å². The van der Waals surface area contributed by atoms with E-state index in [-0.39, 0.29) is 11.3 Å². The third-order valence-electron chi connectivity index (χ3n) is 3.81. The summed E-state index contributed by atoms with van der Waals surface area (Å²) in [5.74, 6) is -0.197. The number of aryl methyl sites for hydroxylation is 1. The van der Waals surface area contributed by atoms with Gasteiger partial charge >= 0.3 is 0 Å². The van der Waals surface area contributed by atoms with Crippen molar-refractivity contribution in [1.29, 1.82) is 0 Å². The van der Waals surface area contributed by atoms with Gasteiger partial charge in [0.15, 0.2) is 0 Å². The van der Waals surface area contributed by atoms with Gasteiger partial charge in [-0.3, -0.25) is 4.79 Å². The molecular weight excluding hydrogens is 284 g/mol. The van der Waals surface area contributed by atoms with Crippen LogP contribution in [-0.2, 0) is 5.41 Å². The van der Waals surface area contributed by atoms with Gasteiger partial charge in [-0.15, -0.1) is 0 Å². The fourth-order valence-electron chi connectivity index (χ4n) is 2.18. The second-order valence-corrected chi connectivity index (χ2v) is 6.83. The van der Waals surface area contributed by atoms with Crippen molar-refractivity contribution in [2.75, 3.05) is 0 Å². The van der Waals surface area contributed by atoms with Gasteiger partial charge in [-0.05, 0) is 42.5 Å².